The average molecular weight is 657 g/mol. The van der Waals surface area contributed by atoms with Crippen LogP contribution in [0, 0.1) is 0 Å². The first-order valence-corrected chi connectivity index (χ1v) is 19.5. The van der Waals surface area contributed by atoms with E-state index in [0.29, 0.717) is 0 Å². The zero-order chi connectivity index (χ0) is 35.2. The van der Waals surface area contributed by atoms with Gasteiger partial charge in [0.2, 0.25) is 0 Å². The van der Waals surface area contributed by atoms with Crippen LogP contribution in [0.5, 0.6) is 0 Å². The summed E-state index contributed by atoms with van der Waals surface area (Å²) < 4.78 is 0. The molecule has 2 aliphatic rings. The van der Waals surface area contributed by atoms with E-state index in [0.717, 1.165) is 0 Å². The third-order valence-electron chi connectivity index (χ3n) is 11.4. The van der Waals surface area contributed by atoms with E-state index >= 15 is 0 Å². The predicted molar refractivity (Wildman–Crippen MR) is 216 cm³/mol. The van der Waals surface area contributed by atoms with Crippen LogP contribution in [-0.2, 0) is 30.1 Å². The van der Waals surface area contributed by atoms with E-state index in [1.165, 1.54) is 139 Å². The molecule has 0 spiro atoms. The Morgan fingerprint density at radius 2 is 0.735 bits per heavy atom. The monoisotopic (exact) mass is 657 g/mol. The molecule has 0 aromatic heterocycles. The van der Waals surface area contributed by atoms with Crippen LogP contribution in [0.2, 0.25) is 0 Å². The van der Waals surface area contributed by atoms with Gasteiger partial charge in [0.15, 0.2) is 0 Å². The molecular formula is C47H64N2. The van der Waals surface area contributed by atoms with Crippen molar-refractivity contribution in [3.8, 4) is 0 Å². The number of rotatable bonds is 12. The number of hydrogen-bond acceptors (Lipinski definition) is 2. The summed E-state index contributed by atoms with van der Waals surface area (Å²) in [5, 5.41) is 0. The Balaban J connectivity index is 0.000000195. The van der Waals surface area contributed by atoms with Crippen LogP contribution < -0.4 is 9.80 Å². The molecule has 0 N–H and O–H groups in total. The zero-order valence-corrected chi connectivity index (χ0v) is 32.4. The largest absolute Gasteiger partial charge is 0.344 e. The zero-order valence-electron chi connectivity index (χ0n) is 32.4. The minimum atomic E-state index is 0.0543. The molecule has 0 radical (unpaired) electrons. The Kier molecular flexibility index (Phi) is 12.0. The molecule has 6 rings (SSSR count). The molecule has 0 unspecified atom stereocenters. The lowest BCUT2D eigenvalue weighted by molar-refractivity contribution is 0.624. The van der Waals surface area contributed by atoms with Crippen molar-refractivity contribution < 1.29 is 0 Å². The number of anilines is 4. The fraction of sp³-hybridized carbons (Fsp3) is 0.489. The Morgan fingerprint density at radius 3 is 1.10 bits per heavy atom. The molecule has 49 heavy (non-hydrogen) atoms. The molecule has 0 saturated carbocycles. The van der Waals surface area contributed by atoms with Crippen LogP contribution in [-0.4, -0.2) is 14.1 Å². The van der Waals surface area contributed by atoms with Gasteiger partial charge in [-0.1, -0.05) is 142 Å². The van der Waals surface area contributed by atoms with Crippen LogP contribution >= 0.6 is 0 Å². The average Bonchev–Trinajstić information content (AvgIpc) is 3.10. The molecule has 0 fully saturated rings. The molecule has 2 heterocycles. The summed E-state index contributed by atoms with van der Waals surface area (Å²) in [6.07, 6.45) is 15.3. The van der Waals surface area contributed by atoms with Crippen molar-refractivity contribution >= 4 is 22.7 Å². The van der Waals surface area contributed by atoms with Gasteiger partial charge in [-0.2, -0.15) is 0 Å². The van der Waals surface area contributed by atoms with E-state index in [1.807, 2.05) is 0 Å². The van der Waals surface area contributed by atoms with Gasteiger partial charge >= 0.3 is 0 Å². The SMILES string of the molecule is CCCCCc1ccc2c(c1)C(C)(C)c1cc(CCCCC)ccc1N2C.CCCCCc1ccc2c(c1)C(C)(C)c1ccccc1N2C. The highest BCUT2D eigenvalue weighted by molar-refractivity contribution is 5.79. The molecule has 0 aliphatic carbocycles. The van der Waals surface area contributed by atoms with E-state index in [2.05, 4.69) is 151 Å². The van der Waals surface area contributed by atoms with E-state index in [1.54, 1.807) is 0 Å². The highest BCUT2D eigenvalue weighted by atomic mass is 15.1. The lowest BCUT2D eigenvalue weighted by Crippen LogP contribution is -2.31. The maximum absolute atomic E-state index is 2.48. The summed E-state index contributed by atoms with van der Waals surface area (Å²) in [6, 6.07) is 30.2. The standard InChI is InChI=1S/C26H37N.C21H27N/c1-6-8-10-12-20-14-16-24-22(18-20)26(3,4)23-19-21(13-11-9-7-2)15-17-25(23)27(24)5;1-5-6-7-10-16-13-14-20-18(15-16)21(2,3)17-11-8-9-12-19(17)22(20)4/h14-19H,6-13H2,1-5H3;8-9,11-15H,5-7,10H2,1-4H3. The second kappa shape index (κ2) is 16.0. The lowest BCUT2D eigenvalue weighted by atomic mass is 9.72. The summed E-state index contributed by atoms with van der Waals surface area (Å²) in [7, 11) is 4.41. The third-order valence-corrected chi connectivity index (χ3v) is 11.4. The van der Waals surface area contributed by atoms with Crippen molar-refractivity contribution in [3.05, 3.63) is 118 Å². The van der Waals surface area contributed by atoms with Gasteiger partial charge < -0.3 is 9.80 Å². The molecule has 0 amide bonds. The first-order valence-electron chi connectivity index (χ1n) is 19.5. The summed E-state index contributed by atoms with van der Waals surface area (Å²) in [4.78, 5) is 4.73. The number of para-hydroxylation sites is 1. The van der Waals surface area contributed by atoms with Gasteiger partial charge in [0.25, 0.3) is 0 Å². The molecule has 0 atom stereocenters. The molecule has 262 valence electrons. The number of aryl methyl sites for hydroxylation is 3. The van der Waals surface area contributed by atoms with Gasteiger partial charge in [-0.3, -0.25) is 0 Å². The lowest BCUT2D eigenvalue weighted by Gasteiger charge is -2.41. The molecule has 2 aliphatic heterocycles. The summed E-state index contributed by atoms with van der Waals surface area (Å²) in [5.74, 6) is 0. The molecular weight excluding hydrogens is 593 g/mol. The molecule has 2 heteroatoms. The third kappa shape index (κ3) is 7.79. The molecule has 4 aromatic rings. The van der Waals surface area contributed by atoms with Gasteiger partial charge in [-0.15, -0.1) is 0 Å². The van der Waals surface area contributed by atoms with Crippen LogP contribution in [0.15, 0.2) is 78.9 Å². The quantitative estimate of drug-likeness (QED) is 0.140. The number of benzene rings is 4. The minimum absolute atomic E-state index is 0.0543. The van der Waals surface area contributed by atoms with Crippen LogP contribution in [0.3, 0.4) is 0 Å². The Bertz CT molecular complexity index is 1630. The minimum Gasteiger partial charge on any atom is -0.344 e. The Hall–Kier alpha value is -3.52. The molecule has 0 bridgehead atoms. The van der Waals surface area contributed by atoms with E-state index in [9.17, 15) is 0 Å². The van der Waals surface area contributed by atoms with Gasteiger partial charge in [-0.25, -0.2) is 0 Å². The normalized spacial score (nSPS) is 15.0. The summed E-state index contributed by atoms with van der Waals surface area (Å²) in [5.41, 5.74) is 15.9. The summed E-state index contributed by atoms with van der Waals surface area (Å²) in [6.45, 7) is 16.3. The van der Waals surface area contributed by atoms with E-state index in [-0.39, 0.29) is 10.8 Å². The van der Waals surface area contributed by atoms with Crippen molar-refractivity contribution in [3.63, 3.8) is 0 Å². The van der Waals surface area contributed by atoms with Crippen molar-refractivity contribution in [1.29, 1.82) is 0 Å². The maximum Gasteiger partial charge on any atom is 0.0449 e. The number of nitrogens with zero attached hydrogens (tertiary/aromatic N) is 2. The van der Waals surface area contributed by atoms with Gasteiger partial charge in [-0.05, 0) is 102 Å². The number of hydrogen-bond donors (Lipinski definition) is 0. The first kappa shape index (κ1) is 36.8. The highest BCUT2D eigenvalue weighted by Gasteiger charge is 2.36. The number of fused-ring (bicyclic) bond motifs is 4. The van der Waals surface area contributed by atoms with Crippen LogP contribution in [0.4, 0.5) is 22.7 Å². The fourth-order valence-corrected chi connectivity index (χ4v) is 8.18. The van der Waals surface area contributed by atoms with Crippen molar-refractivity contribution in [2.45, 2.75) is 136 Å². The second-order valence-electron chi connectivity index (χ2n) is 15.8. The van der Waals surface area contributed by atoms with Crippen LogP contribution in [0.25, 0.3) is 0 Å². The molecule has 4 aromatic carbocycles. The Morgan fingerprint density at radius 1 is 0.408 bits per heavy atom. The first-order chi connectivity index (χ1) is 23.5. The smallest absolute Gasteiger partial charge is 0.0449 e. The molecule has 2 nitrogen and oxygen atoms in total. The molecule has 0 saturated heterocycles. The fourth-order valence-electron chi connectivity index (χ4n) is 8.18. The van der Waals surface area contributed by atoms with Gasteiger partial charge in [0.1, 0.15) is 0 Å². The number of unbranched alkanes of at least 4 members (excludes halogenated alkanes) is 6. The van der Waals surface area contributed by atoms with Gasteiger partial charge in [0.05, 0.1) is 0 Å². The van der Waals surface area contributed by atoms with Gasteiger partial charge in [0, 0.05) is 47.7 Å². The van der Waals surface area contributed by atoms with Crippen molar-refractivity contribution in [1.82, 2.24) is 0 Å². The Labute approximate surface area is 300 Å². The second-order valence-corrected chi connectivity index (χ2v) is 15.8. The predicted octanol–water partition coefficient (Wildman–Crippen LogP) is 13.4. The van der Waals surface area contributed by atoms with Crippen LogP contribution in [0.1, 0.15) is 145 Å². The topological polar surface area (TPSA) is 6.48 Å². The highest BCUT2D eigenvalue weighted by Crippen LogP contribution is 2.50. The van der Waals surface area contributed by atoms with E-state index in [4.69, 9.17) is 0 Å². The van der Waals surface area contributed by atoms with Crippen molar-refractivity contribution in [2.24, 2.45) is 0 Å². The van der Waals surface area contributed by atoms with E-state index < -0.39 is 0 Å². The van der Waals surface area contributed by atoms with Crippen molar-refractivity contribution in [2.75, 3.05) is 23.9 Å². The maximum atomic E-state index is 2.48. The summed E-state index contributed by atoms with van der Waals surface area (Å²) >= 11 is 0.